The Balaban J connectivity index is 1.57. The molecule has 2 N–H and O–H groups in total. The zero-order valence-electron chi connectivity index (χ0n) is 16.2. The molecule has 0 radical (unpaired) electrons. The number of benzene rings is 2. The summed E-state index contributed by atoms with van der Waals surface area (Å²) in [5.74, 6) is -1.43. The highest BCUT2D eigenvalue weighted by atomic mass is 16.5. The molecule has 1 aliphatic rings. The smallest absolute Gasteiger partial charge is 0.339 e. The fraction of sp³-hybridized carbons (Fsp3) is 0.182. The van der Waals surface area contributed by atoms with Crippen LogP contribution in [-0.4, -0.2) is 35.4 Å². The van der Waals surface area contributed by atoms with E-state index in [-0.39, 0.29) is 17.9 Å². The van der Waals surface area contributed by atoms with Crippen molar-refractivity contribution >= 4 is 40.1 Å². The standard InChI is InChI=1S/C22H19N3O5/c1-13-10-19(26)24-17-8-4-5-9-18(17)25(13)21(28)12-30-22(29)15-11-20(27)23-16-7-3-2-6-14(15)16/h2-9,11,13H,10,12H2,1H3,(H,23,27)(H,24,26)/t13-/m0/s1. The van der Waals surface area contributed by atoms with E-state index in [1.54, 1.807) is 55.5 Å². The van der Waals surface area contributed by atoms with Gasteiger partial charge in [-0.05, 0) is 25.1 Å². The average Bonchev–Trinajstić information content (AvgIpc) is 2.85. The summed E-state index contributed by atoms with van der Waals surface area (Å²) in [4.78, 5) is 53.6. The van der Waals surface area contributed by atoms with Crippen molar-refractivity contribution in [2.24, 2.45) is 0 Å². The maximum absolute atomic E-state index is 12.9. The van der Waals surface area contributed by atoms with Crippen LogP contribution in [0.1, 0.15) is 23.7 Å². The Morgan fingerprint density at radius 1 is 1.10 bits per heavy atom. The number of H-pyrrole nitrogens is 1. The van der Waals surface area contributed by atoms with Crippen LogP contribution in [-0.2, 0) is 14.3 Å². The van der Waals surface area contributed by atoms with Crippen molar-refractivity contribution in [1.29, 1.82) is 0 Å². The van der Waals surface area contributed by atoms with Gasteiger partial charge in [-0.25, -0.2) is 4.79 Å². The lowest BCUT2D eigenvalue weighted by Crippen LogP contribution is -2.41. The molecule has 152 valence electrons. The van der Waals surface area contributed by atoms with Crippen molar-refractivity contribution in [2.75, 3.05) is 16.8 Å². The minimum absolute atomic E-state index is 0.0864. The van der Waals surface area contributed by atoms with Crippen molar-refractivity contribution in [1.82, 2.24) is 4.98 Å². The van der Waals surface area contributed by atoms with Gasteiger partial charge in [0, 0.05) is 29.4 Å². The molecule has 8 heteroatoms. The lowest BCUT2D eigenvalue weighted by Gasteiger charge is -2.27. The molecule has 3 aromatic rings. The maximum Gasteiger partial charge on any atom is 0.339 e. The summed E-state index contributed by atoms with van der Waals surface area (Å²) in [5, 5.41) is 3.30. The molecule has 8 nitrogen and oxygen atoms in total. The first kappa shape index (κ1) is 19.4. The zero-order chi connectivity index (χ0) is 21.3. The Labute approximate surface area is 171 Å². The number of esters is 1. The number of nitrogens with zero attached hydrogens (tertiary/aromatic N) is 1. The molecule has 2 amide bonds. The number of pyridine rings is 1. The maximum atomic E-state index is 12.9. The molecule has 0 aliphatic carbocycles. The fourth-order valence-corrected chi connectivity index (χ4v) is 3.62. The molecular weight excluding hydrogens is 386 g/mol. The van der Waals surface area contributed by atoms with Crippen LogP contribution in [0.15, 0.2) is 59.4 Å². The number of ether oxygens (including phenoxy) is 1. The summed E-state index contributed by atoms with van der Waals surface area (Å²) in [6, 6.07) is 14.5. The Morgan fingerprint density at radius 2 is 1.83 bits per heavy atom. The van der Waals surface area contributed by atoms with E-state index in [0.29, 0.717) is 22.3 Å². The summed E-state index contributed by atoms with van der Waals surface area (Å²) < 4.78 is 5.25. The molecular formula is C22H19N3O5. The van der Waals surface area contributed by atoms with Crippen LogP contribution in [0.5, 0.6) is 0 Å². The van der Waals surface area contributed by atoms with Gasteiger partial charge in [-0.3, -0.25) is 14.4 Å². The van der Waals surface area contributed by atoms with Gasteiger partial charge in [0.25, 0.3) is 5.91 Å². The number of para-hydroxylation sites is 3. The Bertz CT molecular complexity index is 1220. The molecule has 2 heterocycles. The quantitative estimate of drug-likeness (QED) is 0.651. The van der Waals surface area contributed by atoms with Gasteiger partial charge in [0.05, 0.1) is 16.9 Å². The van der Waals surface area contributed by atoms with Crippen LogP contribution in [0.3, 0.4) is 0 Å². The molecule has 0 saturated heterocycles. The van der Waals surface area contributed by atoms with Crippen LogP contribution >= 0.6 is 0 Å². The summed E-state index contributed by atoms with van der Waals surface area (Å²) in [7, 11) is 0. The highest BCUT2D eigenvalue weighted by Crippen LogP contribution is 2.31. The van der Waals surface area contributed by atoms with E-state index in [0.717, 1.165) is 6.07 Å². The second kappa shape index (κ2) is 7.82. The number of nitrogens with one attached hydrogen (secondary N) is 2. The van der Waals surface area contributed by atoms with Gasteiger partial charge in [-0.15, -0.1) is 0 Å². The van der Waals surface area contributed by atoms with Gasteiger partial charge in [0.1, 0.15) is 0 Å². The zero-order valence-corrected chi connectivity index (χ0v) is 16.2. The number of fused-ring (bicyclic) bond motifs is 2. The minimum atomic E-state index is -0.768. The van der Waals surface area contributed by atoms with Crippen LogP contribution in [0, 0.1) is 0 Å². The predicted octanol–water partition coefficient (Wildman–Crippen LogP) is 2.45. The van der Waals surface area contributed by atoms with Crippen LogP contribution in [0.25, 0.3) is 10.9 Å². The van der Waals surface area contributed by atoms with E-state index in [9.17, 15) is 19.2 Å². The molecule has 0 saturated carbocycles. The van der Waals surface area contributed by atoms with E-state index in [1.165, 1.54) is 4.90 Å². The molecule has 1 atom stereocenters. The fourth-order valence-electron chi connectivity index (χ4n) is 3.62. The number of carbonyl (C=O) groups excluding carboxylic acids is 3. The van der Waals surface area contributed by atoms with Crippen molar-refractivity contribution in [2.45, 2.75) is 19.4 Å². The van der Waals surface area contributed by atoms with Crippen molar-refractivity contribution in [3.8, 4) is 0 Å². The molecule has 1 aliphatic heterocycles. The van der Waals surface area contributed by atoms with Crippen molar-refractivity contribution in [3.05, 3.63) is 70.5 Å². The highest BCUT2D eigenvalue weighted by molar-refractivity contribution is 6.07. The van der Waals surface area contributed by atoms with Gasteiger partial charge >= 0.3 is 5.97 Å². The largest absolute Gasteiger partial charge is 0.452 e. The lowest BCUT2D eigenvalue weighted by molar-refractivity contribution is -0.122. The summed E-state index contributed by atoms with van der Waals surface area (Å²) in [6.45, 7) is 1.23. The summed E-state index contributed by atoms with van der Waals surface area (Å²) in [5.41, 5.74) is 1.21. The number of aromatic amines is 1. The molecule has 0 fully saturated rings. The van der Waals surface area contributed by atoms with E-state index in [1.807, 2.05) is 0 Å². The second-order valence-electron chi connectivity index (χ2n) is 7.05. The Kier molecular flexibility index (Phi) is 5.05. The lowest BCUT2D eigenvalue weighted by atomic mass is 10.1. The molecule has 0 spiro atoms. The molecule has 0 bridgehead atoms. The number of carbonyl (C=O) groups is 3. The monoisotopic (exact) mass is 405 g/mol. The third kappa shape index (κ3) is 3.67. The topological polar surface area (TPSA) is 109 Å². The van der Waals surface area contributed by atoms with Crippen LogP contribution in [0.4, 0.5) is 11.4 Å². The van der Waals surface area contributed by atoms with E-state index >= 15 is 0 Å². The normalized spacial score (nSPS) is 15.8. The number of rotatable bonds is 3. The van der Waals surface area contributed by atoms with Gasteiger partial charge < -0.3 is 19.9 Å². The second-order valence-corrected chi connectivity index (χ2v) is 7.05. The first-order valence-corrected chi connectivity index (χ1v) is 9.44. The summed E-state index contributed by atoms with van der Waals surface area (Å²) in [6.07, 6.45) is 0.118. The first-order valence-electron chi connectivity index (χ1n) is 9.44. The van der Waals surface area contributed by atoms with Gasteiger partial charge in [0.2, 0.25) is 11.5 Å². The van der Waals surface area contributed by atoms with Gasteiger partial charge in [0.15, 0.2) is 6.61 Å². The number of hydrogen-bond donors (Lipinski definition) is 2. The number of amides is 2. The predicted molar refractivity (Wildman–Crippen MR) is 111 cm³/mol. The van der Waals surface area contributed by atoms with E-state index in [2.05, 4.69) is 10.3 Å². The van der Waals surface area contributed by atoms with Gasteiger partial charge in [-0.2, -0.15) is 0 Å². The third-order valence-corrected chi connectivity index (χ3v) is 4.93. The number of anilines is 2. The first-order chi connectivity index (χ1) is 14.4. The molecule has 2 aromatic carbocycles. The van der Waals surface area contributed by atoms with Crippen LogP contribution in [0.2, 0.25) is 0 Å². The molecule has 30 heavy (non-hydrogen) atoms. The summed E-state index contributed by atoms with van der Waals surface area (Å²) >= 11 is 0. The SMILES string of the molecule is C[C@H]1CC(=O)Nc2ccccc2N1C(=O)COC(=O)c1cc(=O)[nH]c2ccccc12. The number of hydrogen-bond acceptors (Lipinski definition) is 5. The van der Waals surface area contributed by atoms with Crippen molar-refractivity contribution < 1.29 is 19.1 Å². The van der Waals surface area contributed by atoms with E-state index < -0.39 is 30.1 Å². The molecule has 0 unspecified atom stereocenters. The Morgan fingerprint density at radius 3 is 2.67 bits per heavy atom. The molecule has 1 aromatic heterocycles. The van der Waals surface area contributed by atoms with Crippen molar-refractivity contribution in [3.63, 3.8) is 0 Å². The molecule has 4 rings (SSSR count). The van der Waals surface area contributed by atoms with E-state index in [4.69, 9.17) is 4.74 Å². The highest BCUT2D eigenvalue weighted by Gasteiger charge is 2.30. The number of aromatic nitrogens is 1. The average molecular weight is 405 g/mol. The third-order valence-electron chi connectivity index (χ3n) is 4.93. The van der Waals surface area contributed by atoms with Crippen LogP contribution < -0.4 is 15.8 Å². The Hall–Kier alpha value is -3.94. The van der Waals surface area contributed by atoms with Gasteiger partial charge in [-0.1, -0.05) is 30.3 Å². The minimum Gasteiger partial charge on any atom is -0.452 e.